The number of piperazine rings is 1. The maximum absolute atomic E-state index is 12.1. The third-order valence-electron chi connectivity index (χ3n) is 4.06. The highest BCUT2D eigenvalue weighted by Crippen LogP contribution is 2.18. The van der Waals surface area contributed by atoms with Crippen LogP contribution < -0.4 is 5.32 Å². The molecule has 2 rings (SSSR count). The smallest absolute Gasteiger partial charge is 0.236 e. The van der Waals surface area contributed by atoms with Crippen LogP contribution in [0.2, 0.25) is 0 Å². The van der Waals surface area contributed by atoms with Crippen molar-refractivity contribution < 1.29 is 14.3 Å². The van der Waals surface area contributed by atoms with Crippen molar-refractivity contribution in [2.45, 2.75) is 31.7 Å². The number of amides is 2. The van der Waals surface area contributed by atoms with Crippen LogP contribution >= 0.6 is 0 Å². The molecule has 0 radical (unpaired) electrons. The predicted octanol–water partition coefficient (Wildman–Crippen LogP) is -0.164. The summed E-state index contributed by atoms with van der Waals surface area (Å²) in [6, 6.07) is 0.199. The van der Waals surface area contributed by atoms with Crippen molar-refractivity contribution in [2.75, 3.05) is 46.4 Å². The molecule has 20 heavy (non-hydrogen) atoms. The molecular formula is C14H25N3O3. The van der Waals surface area contributed by atoms with Crippen molar-refractivity contribution in [2.24, 2.45) is 0 Å². The fourth-order valence-electron chi connectivity index (χ4n) is 2.97. The molecule has 6 heteroatoms. The van der Waals surface area contributed by atoms with Crippen LogP contribution in [-0.2, 0) is 14.3 Å². The Labute approximate surface area is 120 Å². The first-order valence-corrected chi connectivity index (χ1v) is 7.49. The van der Waals surface area contributed by atoms with E-state index in [4.69, 9.17) is 4.74 Å². The summed E-state index contributed by atoms with van der Waals surface area (Å²) in [6.45, 7) is 4.18. The van der Waals surface area contributed by atoms with E-state index in [0.717, 1.165) is 38.9 Å². The molecule has 1 unspecified atom stereocenters. The number of piperidine rings is 1. The Morgan fingerprint density at radius 1 is 1.45 bits per heavy atom. The van der Waals surface area contributed by atoms with Gasteiger partial charge in [-0.3, -0.25) is 9.59 Å². The molecule has 2 aliphatic rings. The van der Waals surface area contributed by atoms with Crippen molar-refractivity contribution in [3.63, 3.8) is 0 Å². The first-order valence-electron chi connectivity index (χ1n) is 7.49. The molecule has 0 spiro atoms. The van der Waals surface area contributed by atoms with Gasteiger partial charge in [-0.25, -0.2) is 0 Å². The van der Waals surface area contributed by atoms with Gasteiger partial charge >= 0.3 is 0 Å². The number of methoxy groups -OCH3 is 1. The lowest BCUT2D eigenvalue weighted by molar-refractivity contribution is -0.140. The topological polar surface area (TPSA) is 61.9 Å². The second kappa shape index (κ2) is 7.59. The SMILES string of the molecule is COCCCC(=O)N1CCCC(N2CCNCC2=O)C1. The Bertz CT molecular complexity index is 349. The van der Waals surface area contributed by atoms with Crippen LogP contribution in [0.4, 0.5) is 0 Å². The van der Waals surface area contributed by atoms with Crippen LogP contribution in [0.25, 0.3) is 0 Å². The second-order valence-corrected chi connectivity index (χ2v) is 5.50. The van der Waals surface area contributed by atoms with Gasteiger partial charge < -0.3 is 19.9 Å². The zero-order chi connectivity index (χ0) is 14.4. The quantitative estimate of drug-likeness (QED) is 0.712. The number of carbonyl (C=O) groups is 2. The maximum atomic E-state index is 12.1. The number of ether oxygens (including phenoxy) is 1. The molecule has 0 aromatic rings. The molecule has 0 aromatic carbocycles. The normalized spacial score (nSPS) is 24.1. The van der Waals surface area contributed by atoms with Crippen molar-refractivity contribution >= 4 is 11.8 Å². The second-order valence-electron chi connectivity index (χ2n) is 5.50. The van der Waals surface area contributed by atoms with E-state index in [1.165, 1.54) is 0 Å². The molecule has 2 amide bonds. The molecule has 0 bridgehead atoms. The fraction of sp³-hybridized carbons (Fsp3) is 0.857. The van der Waals surface area contributed by atoms with Crippen LogP contribution in [0, 0.1) is 0 Å². The molecule has 0 saturated carbocycles. The molecule has 114 valence electrons. The molecule has 2 fully saturated rings. The minimum absolute atomic E-state index is 0.162. The number of hydrogen-bond acceptors (Lipinski definition) is 4. The summed E-state index contributed by atoms with van der Waals surface area (Å²) in [5.41, 5.74) is 0. The lowest BCUT2D eigenvalue weighted by Gasteiger charge is -2.41. The highest BCUT2D eigenvalue weighted by atomic mass is 16.5. The van der Waals surface area contributed by atoms with Gasteiger partial charge in [-0.15, -0.1) is 0 Å². The van der Waals surface area contributed by atoms with E-state index >= 15 is 0 Å². The first-order chi connectivity index (χ1) is 9.72. The minimum atomic E-state index is 0.162. The molecule has 0 aromatic heterocycles. The summed E-state index contributed by atoms with van der Waals surface area (Å²) in [7, 11) is 1.65. The van der Waals surface area contributed by atoms with E-state index in [-0.39, 0.29) is 17.9 Å². The van der Waals surface area contributed by atoms with Gasteiger partial charge in [0.15, 0.2) is 0 Å². The van der Waals surface area contributed by atoms with Crippen LogP contribution in [0.1, 0.15) is 25.7 Å². The number of carbonyl (C=O) groups excluding carboxylic acids is 2. The molecule has 0 aliphatic carbocycles. The number of likely N-dealkylation sites (tertiary alicyclic amines) is 1. The van der Waals surface area contributed by atoms with Gasteiger partial charge in [-0.1, -0.05) is 0 Å². The Morgan fingerprint density at radius 3 is 3.05 bits per heavy atom. The molecule has 2 heterocycles. The lowest BCUT2D eigenvalue weighted by atomic mass is 10.0. The third kappa shape index (κ3) is 3.93. The van der Waals surface area contributed by atoms with Crippen LogP contribution in [0.3, 0.4) is 0 Å². The summed E-state index contributed by atoms with van der Waals surface area (Å²) < 4.78 is 4.98. The van der Waals surface area contributed by atoms with E-state index < -0.39 is 0 Å². The highest BCUT2D eigenvalue weighted by molar-refractivity contribution is 5.80. The minimum Gasteiger partial charge on any atom is -0.385 e. The van der Waals surface area contributed by atoms with E-state index in [2.05, 4.69) is 5.32 Å². The van der Waals surface area contributed by atoms with Crippen molar-refractivity contribution in [3.05, 3.63) is 0 Å². The predicted molar refractivity (Wildman–Crippen MR) is 75.3 cm³/mol. The standard InChI is InChI=1S/C14H25N3O3/c1-20-9-3-5-13(18)16-7-2-4-12(11-16)17-8-6-15-10-14(17)19/h12,15H,2-11H2,1H3. The van der Waals surface area contributed by atoms with Gasteiger partial charge in [0, 0.05) is 52.4 Å². The van der Waals surface area contributed by atoms with Crippen LogP contribution in [0.5, 0.6) is 0 Å². The highest BCUT2D eigenvalue weighted by Gasteiger charge is 2.31. The number of hydrogen-bond donors (Lipinski definition) is 1. The van der Waals surface area contributed by atoms with Gasteiger partial charge in [0.1, 0.15) is 0 Å². The monoisotopic (exact) mass is 283 g/mol. The van der Waals surface area contributed by atoms with Crippen molar-refractivity contribution in [1.29, 1.82) is 0 Å². The molecule has 2 saturated heterocycles. The van der Waals surface area contributed by atoms with E-state index in [0.29, 0.717) is 26.1 Å². The van der Waals surface area contributed by atoms with Gasteiger partial charge in [0.25, 0.3) is 0 Å². The average molecular weight is 283 g/mol. The van der Waals surface area contributed by atoms with Crippen molar-refractivity contribution in [3.8, 4) is 0 Å². The van der Waals surface area contributed by atoms with Gasteiger partial charge in [-0.2, -0.15) is 0 Å². The molecule has 2 aliphatic heterocycles. The largest absolute Gasteiger partial charge is 0.385 e. The fourth-order valence-corrected chi connectivity index (χ4v) is 2.97. The number of rotatable bonds is 5. The molecular weight excluding hydrogens is 258 g/mol. The Morgan fingerprint density at radius 2 is 2.30 bits per heavy atom. The van der Waals surface area contributed by atoms with E-state index in [1.807, 2.05) is 9.80 Å². The number of nitrogens with one attached hydrogen (secondary N) is 1. The summed E-state index contributed by atoms with van der Waals surface area (Å²) >= 11 is 0. The summed E-state index contributed by atoms with van der Waals surface area (Å²) in [5.74, 6) is 0.351. The van der Waals surface area contributed by atoms with E-state index in [9.17, 15) is 9.59 Å². The summed E-state index contributed by atoms with van der Waals surface area (Å²) in [5, 5.41) is 3.09. The Hall–Kier alpha value is -1.14. The Kier molecular flexibility index (Phi) is 5.79. The molecule has 6 nitrogen and oxygen atoms in total. The molecule has 1 N–H and O–H groups in total. The first kappa shape index (κ1) is 15.3. The lowest BCUT2D eigenvalue weighted by Crippen LogP contribution is -2.57. The summed E-state index contributed by atoms with van der Waals surface area (Å²) in [6.07, 6.45) is 3.30. The van der Waals surface area contributed by atoms with Gasteiger partial charge in [-0.05, 0) is 19.3 Å². The maximum Gasteiger partial charge on any atom is 0.236 e. The van der Waals surface area contributed by atoms with Gasteiger partial charge in [0.05, 0.1) is 6.54 Å². The zero-order valence-corrected chi connectivity index (χ0v) is 12.3. The van der Waals surface area contributed by atoms with Crippen LogP contribution in [0.15, 0.2) is 0 Å². The van der Waals surface area contributed by atoms with Gasteiger partial charge in [0.2, 0.25) is 11.8 Å². The number of nitrogens with zero attached hydrogens (tertiary/aromatic N) is 2. The van der Waals surface area contributed by atoms with E-state index in [1.54, 1.807) is 7.11 Å². The van der Waals surface area contributed by atoms with Crippen molar-refractivity contribution in [1.82, 2.24) is 15.1 Å². The van der Waals surface area contributed by atoms with Crippen LogP contribution in [-0.4, -0.2) is 74.1 Å². The third-order valence-corrected chi connectivity index (χ3v) is 4.06. The summed E-state index contributed by atoms with van der Waals surface area (Å²) in [4.78, 5) is 27.9. The molecule has 1 atom stereocenters. The Balaban J connectivity index is 1.84. The average Bonchev–Trinajstić information content (AvgIpc) is 2.48. The zero-order valence-electron chi connectivity index (χ0n) is 12.3.